The van der Waals surface area contributed by atoms with Gasteiger partial charge in [-0.25, -0.2) is 9.78 Å². The Balaban J connectivity index is 0.000000429. The van der Waals surface area contributed by atoms with Crippen molar-refractivity contribution in [3.63, 3.8) is 0 Å². The topological polar surface area (TPSA) is 100 Å². The zero-order valence-corrected chi connectivity index (χ0v) is 20.3. The number of piperazine rings is 1. The largest absolute Gasteiger partial charge is 0.490 e. The number of rotatable bonds is 4. The second-order valence-electron chi connectivity index (χ2n) is 8.08. The molecule has 0 aliphatic carbocycles. The monoisotopic (exact) mass is 509 g/mol. The molecule has 3 aromatic rings. The molecule has 1 atom stereocenters. The number of carbonyl (C=O) groups is 2. The molecule has 8 nitrogen and oxygen atoms in total. The van der Waals surface area contributed by atoms with Gasteiger partial charge >= 0.3 is 12.1 Å². The van der Waals surface area contributed by atoms with Gasteiger partial charge in [0.1, 0.15) is 10.7 Å². The summed E-state index contributed by atoms with van der Waals surface area (Å²) < 4.78 is 33.5. The highest BCUT2D eigenvalue weighted by Crippen LogP contribution is 2.28. The van der Waals surface area contributed by atoms with E-state index < -0.39 is 12.1 Å². The van der Waals surface area contributed by atoms with E-state index in [0.717, 1.165) is 34.4 Å². The van der Waals surface area contributed by atoms with Crippen LogP contribution in [-0.4, -0.2) is 62.5 Å². The van der Waals surface area contributed by atoms with E-state index >= 15 is 0 Å². The summed E-state index contributed by atoms with van der Waals surface area (Å²) >= 11 is 1.57. The number of hydrogen-bond acceptors (Lipinski definition) is 6. The minimum absolute atomic E-state index is 0.166. The molecule has 12 heteroatoms. The lowest BCUT2D eigenvalue weighted by molar-refractivity contribution is -0.192. The van der Waals surface area contributed by atoms with Crippen LogP contribution in [0, 0.1) is 13.8 Å². The van der Waals surface area contributed by atoms with Crippen molar-refractivity contribution in [2.24, 2.45) is 7.05 Å². The zero-order chi connectivity index (χ0) is 25.8. The van der Waals surface area contributed by atoms with Gasteiger partial charge in [0.15, 0.2) is 0 Å². The molecule has 2 aromatic heterocycles. The van der Waals surface area contributed by atoms with Gasteiger partial charge in [-0.3, -0.25) is 9.48 Å². The molecule has 1 saturated heterocycles. The van der Waals surface area contributed by atoms with Crippen LogP contribution in [0.15, 0.2) is 36.5 Å². The molecule has 1 aliphatic heterocycles. The van der Waals surface area contributed by atoms with Gasteiger partial charge in [0, 0.05) is 37.8 Å². The number of amides is 1. The lowest BCUT2D eigenvalue weighted by Gasteiger charge is -2.34. The SMILES string of the molecule is Cc1ccccc1C1CN(C(=O)Cc2sc(-c3ccn(C)n3)nc2C)CCN1.O=C(O)C(F)(F)F. The predicted molar refractivity (Wildman–Crippen MR) is 125 cm³/mol. The van der Waals surface area contributed by atoms with Crippen LogP contribution in [0.5, 0.6) is 0 Å². The first-order chi connectivity index (χ1) is 16.5. The number of nitrogens with zero attached hydrogens (tertiary/aromatic N) is 4. The van der Waals surface area contributed by atoms with Crippen molar-refractivity contribution in [3.8, 4) is 10.7 Å². The fourth-order valence-electron chi connectivity index (χ4n) is 3.64. The summed E-state index contributed by atoms with van der Waals surface area (Å²) in [6.07, 6.45) is -2.78. The Labute approximate surface area is 204 Å². The Kier molecular flexibility index (Phi) is 8.28. The van der Waals surface area contributed by atoms with Crippen molar-refractivity contribution in [1.29, 1.82) is 0 Å². The maximum absolute atomic E-state index is 13.0. The number of aliphatic carboxylic acids is 1. The highest BCUT2D eigenvalue weighted by atomic mass is 32.1. The van der Waals surface area contributed by atoms with Gasteiger partial charge in [0.25, 0.3) is 0 Å². The fourth-order valence-corrected chi connectivity index (χ4v) is 4.66. The molecule has 1 fully saturated rings. The van der Waals surface area contributed by atoms with E-state index in [4.69, 9.17) is 9.90 Å². The van der Waals surface area contributed by atoms with Crippen molar-refractivity contribution < 1.29 is 27.9 Å². The molecule has 1 aliphatic rings. The van der Waals surface area contributed by atoms with Crippen molar-refractivity contribution >= 4 is 23.2 Å². The molecule has 4 rings (SSSR count). The summed E-state index contributed by atoms with van der Waals surface area (Å²) in [6.45, 7) is 6.35. The number of carboxylic acids is 1. The minimum Gasteiger partial charge on any atom is -0.475 e. The molecule has 0 radical (unpaired) electrons. The zero-order valence-electron chi connectivity index (χ0n) is 19.5. The lowest BCUT2D eigenvalue weighted by atomic mass is 9.99. The van der Waals surface area contributed by atoms with E-state index in [1.807, 2.05) is 31.1 Å². The summed E-state index contributed by atoms with van der Waals surface area (Å²) in [5.41, 5.74) is 4.31. The third kappa shape index (κ3) is 6.89. The maximum atomic E-state index is 13.0. The average molecular weight is 510 g/mol. The first-order valence-electron chi connectivity index (χ1n) is 10.8. The number of aryl methyl sites for hydroxylation is 3. The van der Waals surface area contributed by atoms with Crippen LogP contribution >= 0.6 is 11.3 Å². The summed E-state index contributed by atoms with van der Waals surface area (Å²) in [4.78, 5) is 29.5. The van der Waals surface area contributed by atoms with Gasteiger partial charge in [-0.1, -0.05) is 24.3 Å². The number of hydrogen-bond donors (Lipinski definition) is 2. The Morgan fingerprint density at radius 1 is 1.23 bits per heavy atom. The van der Waals surface area contributed by atoms with Crippen molar-refractivity contribution in [2.75, 3.05) is 19.6 Å². The van der Waals surface area contributed by atoms with Crippen LogP contribution in [-0.2, 0) is 23.1 Å². The second-order valence-corrected chi connectivity index (χ2v) is 9.17. The molecular weight excluding hydrogens is 483 g/mol. The van der Waals surface area contributed by atoms with Gasteiger partial charge in [-0.05, 0) is 31.0 Å². The standard InChI is InChI=1S/C21H25N5OS.C2HF3O2/c1-14-6-4-5-7-16(14)18-13-26(11-9-22-18)20(27)12-19-15(2)23-21(28-19)17-8-10-25(3)24-17;3-2(4,5)1(6)7/h4-8,10,18,22H,9,11-13H2,1-3H3;(H,6,7). The Morgan fingerprint density at radius 2 is 1.91 bits per heavy atom. The van der Waals surface area contributed by atoms with E-state index in [-0.39, 0.29) is 11.9 Å². The van der Waals surface area contributed by atoms with Crippen molar-refractivity contribution in [3.05, 3.63) is 58.2 Å². The summed E-state index contributed by atoms with van der Waals surface area (Å²) in [5, 5.41) is 16.0. The van der Waals surface area contributed by atoms with Crippen LogP contribution in [0.25, 0.3) is 10.7 Å². The van der Waals surface area contributed by atoms with E-state index in [1.165, 1.54) is 11.1 Å². The summed E-state index contributed by atoms with van der Waals surface area (Å²) in [5.74, 6) is -2.59. The summed E-state index contributed by atoms with van der Waals surface area (Å²) in [6, 6.07) is 10.5. The number of nitrogens with one attached hydrogen (secondary N) is 1. The van der Waals surface area contributed by atoms with Crippen LogP contribution < -0.4 is 5.32 Å². The first kappa shape index (κ1) is 26.4. The number of thiazole rings is 1. The maximum Gasteiger partial charge on any atom is 0.490 e. The lowest BCUT2D eigenvalue weighted by Crippen LogP contribution is -2.48. The van der Waals surface area contributed by atoms with Gasteiger partial charge in [0.05, 0.1) is 18.2 Å². The van der Waals surface area contributed by atoms with Crippen LogP contribution in [0.3, 0.4) is 0 Å². The van der Waals surface area contributed by atoms with Gasteiger partial charge in [0.2, 0.25) is 5.91 Å². The third-order valence-corrected chi connectivity index (χ3v) is 6.65. The Hall–Kier alpha value is -3.25. The molecule has 0 bridgehead atoms. The third-order valence-electron chi connectivity index (χ3n) is 5.47. The fraction of sp³-hybridized carbons (Fsp3) is 0.391. The summed E-state index contributed by atoms with van der Waals surface area (Å²) in [7, 11) is 1.89. The van der Waals surface area contributed by atoms with Gasteiger partial charge < -0.3 is 15.3 Å². The molecular formula is C23H26F3N5O3S. The molecule has 0 saturated carbocycles. The predicted octanol–water partition coefficient (Wildman–Crippen LogP) is 3.51. The van der Waals surface area contributed by atoms with Crippen LogP contribution in [0.4, 0.5) is 13.2 Å². The number of benzene rings is 1. The molecule has 35 heavy (non-hydrogen) atoms. The number of alkyl halides is 3. The van der Waals surface area contributed by atoms with Crippen molar-refractivity contribution in [1.82, 2.24) is 25.0 Å². The highest BCUT2D eigenvalue weighted by Gasteiger charge is 2.38. The molecule has 1 aromatic carbocycles. The Bertz CT molecular complexity index is 1190. The normalized spacial score (nSPS) is 15.9. The molecule has 2 N–H and O–H groups in total. The molecule has 0 spiro atoms. The Morgan fingerprint density at radius 3 is 2.51 bits per heavy atom. The van der Waals surface area contributed by atoms with Crippen molar-refractivity contribution in [2.45, 2.75) is 32.5 Å². The number of aromatic nitrogens is 3. The van der Waals surface area contributed by atoms with Crippen LogP contribution in [0.1, 0.15) is 27.7 Å². The van der Waals surface area contributed by atoms with E-state index in [1.54, 1.807) is 16.0 Å². The molecule has 3 heterocycles. The smallest absolute Gasteiger partial charge is 0.475 e. The molecule has 188 valence electrons. The van der Waals surface area contributed by atoms with E-state index in [0.29, 0.717) is 13.0 Å². The van der Waals surface area contributed by atoms with E-state index in [2.05, 4.69) is 46.6 Å². The van der Waals surface area contributed by atoms with Crippen LogP contribution in [0.2, 0.25) is 0 Å². The molecule has 1 unspecified atom stereocenters. The second kappa shape index (κ2) is 11.0. The number of carboxylic acid groups (broad SMARTS) is 1. The van der Waals surface area contributed by atoms with E-state index in [9.17, 15) is 18.0 Å². The first-order valence-corrected chi connectivity index (χ1v) is 11.6. The minimum atomic E-state index is -5.08. The average Bonchev–Trinajstić information content (AvgIpc) is 3.39. The van der Waals surface area contributed by atoms with Gasteiger partial charge in [-0.2, -0.15) is 18.3 Å². The highest BCUT2D eigenvalue weighted by molar-refractivity contribution is 7.15. The molecule has 1 amide bonds. The number of carbonyl (C=O) groups excluding carboxylic acids is 1. The van der Waals surface area contributed by atoms with Gasteiger partial charge in [-0.15, -0.1) is 11.3 Å². The number of halogens is 3. The quantitative estimate of drug-likeness (QED) is 0.559.